The summed E-state index contributed by atoms with van der Waals surface area (Å²) < 4.78 is 31.5. The summed E-state index contributed by atoms with van der Waals surface area (Å²) in [5.41, 5.74) is 0. The van der Waals surface area contributed by atoms with Crippen LogP contribution in [0.15, 0.2) is 18.2 Å². The molecule has 158 valence electrons. The molecule has 2 aromatic carbocycles. The van der Waals surface area contributed by atoms with Crippen LogP contribution in [-0.2, 0) is 9.47 Å². The molecule has 0 atom stereocenters. The maximum atomic E-state index is 12.1. The molecule has 0 bridgehead atoms. The average molecular weight is 427 g/mol. The quantitative estimate of drug-likeness (QED) is 0.411. The fourth-order valence-corrected chi connectivity index (χ4v) is 2.70. The van der Waals surface area contributed by atoms with Gasteiger partial charge in [0.15, 0.2) is 11.5 Å². The molecule has 8 nitrogen and oxygen atoms in total. The van der Waals surface area contributed by atoms with Gasteiger partial charge in [0.2, 0.25) is 11.5 Å². The van der Waals surface area contributed by atoms with Crippen LogP contribution in [0.1, 0.15) is 26.7 Å². The summed E-state index contributed by atoms with van der Waals surface area (Å²) in [5.74, 6) is 0.159. The maximum absolute atomic E-state index is 12.1. The van der Waals surface area contributed by atoms with Crippen LogP contribution in [-0.4, -0.2) is 39.7 Å². The number of fused-ring (bicyclic) bond motifs is 1. The van der Waals surface area contributed by atoms with Crippen LogP contribution in [0.3, 0.4) is 0 Å². The van der Waals surface area contributed by atoms with Crippen LogP contribution >= 0.6 is 11.6 Å². The number of hydrogen-bond acceptors (Lipinski definition) is 8. The van der Waals surface area contributed by atoms with Gasteiger partial charge in [-0.1, -0.05) is 25.4 Å². The van der Waals surface area contributed by atoms with Crippen LogP contribution in [0.5, 0.6) is 23.0 Å². The molecule has 0 spiro atoms. The molecule has 29 heavy (non-hydrogen) atoms. The lowest BCUT2D eigenvalue weighted by Gasteiger charge is -2.19. The first kappa shape index (κ1) is 22.4. The van der Waals surface area contributed by atoms with E-state index < -0.39 is 12.3 Å². The van der Waals surface area contributed by atoms with Crippen molar-refractivity contribution >= 4 is 34.7 Å². The summed E-state index contributed by atoms with van der Waals surface area (Å²) in [6.07, 6.45) is -0.545. The fourth-order valence-electron chi connectivity index (χ4n) is 2.52. The van der Waals surface area contributed by atoms with E-state index >= 15 is 0 Å². The van der Waals surface area contributed by atoms with E-state index in [1.54, 1.807) is 18.2 Å². The molecule has 2 aromatic rings. The van der Waals surface area contributed by atoms with E-state index in [0.717, 1.165) is 0 Å². The molecule has 0 saturated heterocycles. The van der Waals surface area contributed by atoms with Gasteiger partial charge in [-0.2, -0.15) is 0 Å². The molecule has 0 saturated carbocycles. The van der Waals surface area contributed by atoms with Crippen LogP contribution in [0.2, 0.25) is 5.02 Å². The van der Waals surface area contributed by atoms with Crippen molar-refractivity contribution in [1.29, 1.82) is 0 Å². The van der Waals surface area contributed by atoms with Gasteiger partial charge < -0.3 is 28.4 Å². The van der Waals surface area contributed by atoms with Crippen LogP contribution in [0.25, 0.3) is 10.8 Å². The summed E-state index contributed by atoms with van der Waals surface area (Å²) in [7, 11) is 2.72. The lowest BCUT2D eigenvalue weighted by Crippen LogP contribution is -2.14. The zero-order valence-corrected chi connectivity index (χ0v) is 17.5. The summed E-state index contributed by atoms with van der Waals surface area (Å²) in [5, 5.41) is 1.14. The topological polar surface area (TPSA) is 89.5 Å². The molecular formula is C20H23ClO8. The Labute approximate surface area is 173 Å². The fraction of sp³-hybridized carbons (Fsp3) is 0.400. The second kappa shape index (κ2) is 10.6. The molecule has 0 aliphatic heterocycles. The normalized spacial score (nSPS) is 10.4. The first-order valence-corrected chi connectivity index (χ1v) is 9.40. The van der Waals surface area contributed by atoms with Crippen molar-refractivity contribution in [2.75, 3.05) is 27.4 Å². The Balaban J connectivity index is 2.64. The van der Waals surface area contributed by atoms with Crippen molar-refractivity contribution in [3.8, 4) is 23.0 Å². The van der Waals surface area contributed by atoms with E-state index in [9.17, 15) is 9.59 Å². The Morgan fingerprint density at radius 2 is 1.28 bits per heavy atom. The summed E-state index contributed by atoms with van der Waals surface area (Å²) >= 11 is 6.13. The summed E-state index contributed by atoms with van der Waals surface area (Å²) in [6, 6.07) is 4.75. The van der Waals surface area contributed by atoms with Gasteiger partial charge >= 0.3 is 12.3 Å². The van der Waals surface area contributed by atoms with E-state index in [4.69, 9.17) is 40.0 Å². The Morgan fingerprint density at radius 3 is 1.72 bits per heavy atom. The number of hydrogen-bond donors (Lipinski definition) is 0. The SMILES string of the molecule is CCCOC(=O)Oc1c(OC)c(OC)c(OC(=O)OCCC)c2cc(Cl)ccc12. The van der Waals surface area contributed by atoms with E-state index in [0.29, 0.717) is 28.6 Å². The van der Waals surface area contributed by atoms with Crippen molar-refractivity contribution in [3.63, 3.8) is 0 Å². The number of methoxy groups -OCH3 is 2. The van der Waals surface area contributed by atoms with Crippen molar-refractivity contribution in [1.82, 2.24) is 0 Å². The van der Waals surface area contributed by atoms with Gasteiger partial charge in [-0.15, -0.1) is 0 Å². The van der Waals surface area contributed by atoms with Crippen molar-refractivity contribution in [2.24, 2.45) is 0 Å². The smallest absolute Gasteiger partial charge is 0.490 e. The second-order valence-electron chi connectivity index (χ2n) is 5.82. The minimum atomic E-state index is -0.912. The third-order valence-electron chi connectivity index (χ3n) is 3.72. The molecule has 2 rings (SSSR count). The summed E-state index contributed by atoms with van der Waals surface area (Å²) in [4.78, 5) is 24.1. The standard InChI is InChI=1S/C20H23ClO8/c1-5-9-26-19(22)28-15-13-8-7-12(21)11-14(13)16(18(25-4)17(15)24-3)29-20(23)27-10-6-2/h7-8,11H,5-6,9-10H2,1-4H3. The zero-order chi connectivity index (χ0) is 21.4. The van der Waals surface area contributed by atoms with Crippen molar-refractivity contribution in [2.45, 2.75) is 26.7 Å². The van der Waals surface area contributed by atoms with Gasteiger partial charge in [-0.25, -0.2) is 9.59 Å². The molecule has 0 N–H and O–H groups in total. The Bertz CT molecular complexity index is 881. The van der Waals surface area contributed by atoms with Crippen LogP contribution in [0, 0.1) is 0 Å². The number of benzene rings is 2. The minimum Gasteiger partial charge on any atom is -0.490 e. The predicted octanol–water partition coefficient (Wildman–Crippen LogP) is 5.36. The third-order valence-corrected chi connectivity index (χ3v) is 3.95. The van der Waals surface area contributed by atoms with Crippen LogP contribution < -0.4 is 18.9 Å². The monoisotopic (exact) mass is 426 g/mol. The lowest BCUT2D eigenvalue weighted by atomic mass is 10.1. The largest absolute Gasteiger partial charge is 0.513 e. The van der Waals surface area contributed by atoms with Gasteiger partial charge in [-0.3, -0.25) is 0 Å². The van der Waals surface area contributed by atoms with Gasteiger partial charge in [0.05, 0.1) is 27.4 Å². The van der Waals surface area contributed by atoms with Crippen LogP contribution in [0.4, 0.5) is 9.59 Å². The Morgan fingerprint density at radius 1 is 0.793 bits per heavy atom. The highest BCUT2D eigenvalue weighted by Crippen LogP contribution is 2.51. The van der Waals surface area contributed by atoms with Crippen molar-refractivity contribution in [3.05, 3.63) is 23.2 Å². The molecule has 0 heterocycles. The number of halogens is 1. The Kier molecular flexibility index (Phi) is 8.21. The molecule has 0 unspecified atom stereocenters. The highest BCUT2D eigenvalue weighted by Gasteiger charge is 2.27. The third kappa shape index (κ3) is 5.35. The average Bonchev–Trinajstić information content (AvgIpc) is 2.71. The van der Waals surface area contributed by atoms with Gasteiger partial charge in [0.1, 0.15) is 0 Å². The molecule has 0 aliphatic rings. The van der Waals surface area contributed by atoms with Gasteiger partial charge in [0.25, 0.3) is 0 Å². The molecule has 0 radical (unpaired) electrons. The number of carbonyl (C=O) groups is 2. The van der Waals surface area contributed by atoms with Crippen molar-refractivity contribution < 1.29 is 38.0 Å². The molecular weight excluding hydrogens is 404 g/mol. The molecule has 0 aliphatic carbocycles. The predicted molar refractivity (Wildman–Crippen MR) is 107 cm³/mol. The number of carbonyl (C=O) groups excluding carboxylic acids is 2. The van der Waals surface area contributed by atoms with E-state index in [1.165, 1.54) is 14.2 Å². The molecule has 9 heteroatoms. The van der Waals surface area contributed by atoms with Gasteiger partial charge in [-0.05, 0) is 31.0 Å². The number of rotatable bonds is 8. The first-order chi connectivity index (χ1) is 14.0. The lowest BCUT2D eigenvalue weighted by molar-refractivity contribution is 0.0957. The summed E-state index contributed by atoms with van der Waals surface area (Å²) in [6.45, 7) is 4.11. The minimum absolute atomic E-state index is 0.0252. The van der Waals surface area contributed by atoms with E-state index in [-0.39, 0.29) is 36.2 Å². The second-order valence-corrected chi connectivity index (χ2v) is 6.25. The van der Waals surface area contributed by atoms with E-state index in [1.807, 2.05) is 13.8 Å². The first-order valence-electron chi connectivity index (χ1n) is 9.03. The number of ether oxygens (including phenoxy) is 6. The zero-order valence-electron chi connectivity index (χ0n) is 16.7. The molecule has 0 amide bonds. The van der Waals surface area contributed by atoms with E-state index in [2.05, 4.69) is 0 Å². The molecule has 0 aromatic heterocycles. The highest BCUT2D eigenvalue weighted by molar-refractivity contribution is 6.31. The Hall–Kier alpha value is -2.87. The van der Waals surface area contributed by atoms with Gasteiger partial charge in [0, 0.05) is 15.8 Å². The highest BCUT2D eigenvalue weighted by atomic mass is 35.5. The maximum Gasteiger partial charge on any atom is 0.513 e. The molecule has 0 fully saturated rings.